The Bertz CT molecular complexity index is 418. The smallest absolute Gasteiger partial charge is 0.251 e. The molecular formula is C15H19NO2. The van der Waals surface area contributed by atoms with Crippen molar-refractivity contribution in [2.24, 2.45) is 5.92 Å². The summed E-state index contributed by atoms with van der Waals surface area (Å²) in [5.74, 6) is 0.761. The molecule has 1 N–H and O–H groups in total. The molecule has 1 amide bonds. The van der Waals surface area contributed by atoms with E-state index in [-0.39, 0.29) is 5.91 Å². The SMILES string of the molecule is O=C(NCCC1CCC2OC2C1)c1ccccc1. The van der Waals surface area contributed by atoms with Gasteiger partial charge >= 0.3 is 0 Å². The highest BCUT2D eigenvalue weighted by Gasteiger charge is 2.43. The van der Waals surface area contributed by atoms with Crippen LogP contribution in [0.15, 0.2) is 30.3 Å². The third-order valence-electron chi connectivity index (χ3n) is 3.99. The first-order valence-electron chi connectivity index (χ1n) is 6.81. The van der Waals surface area contributed by atoms with Crippen molar-refractivity contribution in [3.8, 4) is 0 Å². The average molecular weight is 245 g/mol. The number of carbonyl (C=O) groups is 1. The lowest BCUT2D eigenvalue weighted by atomic mass is 9.87. The molecule has 96 valence electrons. The topological polar surface area (TPSA) is 41.6 Å². The van der Waals surface area contributed by atoms with Crippen molar-refractivity contribution in [2.75, 3.05) is 6.54 Å². The van der Waals surface area contributed by atoms with E-state index in [2.05, 4.69) is 5.32 Å². The van der Waals surface area contributed by atoms with Crippen LogP contribution in [0.3, 0.4) is 0 Å². The number of rotatable bonds is 4. The zero-order valence-electron chi connectivity index (χ0n) is 10.5. The second-order valence-corrected chi connectivity index (χ2v) is 5.30. The molecule has 1 heterocycles. The van der Waals surface area contributed by atoms with Gasteiger partial charge in [0.15, 0.2) is 0 Å². The van der Waals surface area contributed by atoms with Gasteiger partial charge in [0.1, 0.15) is 0 Å². The van der Waals surface area contributed by atoms with Gasteiger partial charge in [-0.3, -0.25) is 4.79 Å². The van der Waals surface area contributed by atoms with Gasteiger partial charge in [0.2, 0.25) is 0 Å². The van der Waals surface area contributed by atoms with Crippen molar-refractivity contribution in [2.45, 2.75) is 37.9 Å². The minimum absolute atomic E-state index is 0.0342. The van der Waals surface area contributed by atoms with Crippen LogP contribution in [0.25, 0.3) is 0 Å². The largest absolute Gasteiger partial charge is 0.370 e. The van der Waals surface area contributed by atoms with Gasteiger partial charge in [-0.1, -0.05) is 18.2 Å². The van der Waals surface area contributed by atoms with Crippen LogP contribution in [0, 0.1) is 5.92 Å². The molecule has 1 aromatic carbocycles. The van der Waals surface area contributed by atoms with Gasteiger partial charge < -0.3 is 10.1 Å². The third kappa shape index (κ3) is 2.72. The number of nitrogens with one attached hydrogen (secondary N) is 1. The highest BCUT2D eigenvalue weighted by Crippen LogP contribution is 2.40. The van der Waals surface area contributed by atoms with Gasteiger partial charge in [0.05, 0.1) is 12.2 Å². The molecule has 18 heavy (non-hydrogen) atoms. The number of epoxide rings is 1. The minimum Gasteiger partial charge on any atom is -0.370 e. The lowest BCUT2D eigenvalue weighted by molar-refractivity contribution is 0.0950. The van der Waals surface area contributed by atoms with Crippen LogP contribution in [0.1, 0.15) is 36.0 Å². The predicted molar refractivity (Wildman–Crippen MR) is 69.4 cm³/mol. The van der Waals surface area contributed by atoms with Crippen LogP contribution in [0.2, 0.25) is 0 Å². The summed E-state index contributed by atoms with van der Waals surface area (Å²) in [5.41, 5.74) is 0.742. The molecule has 0 bridgehead atoms. The Hall–Kier alpha value is -1.35. The first-order valence-corrected chi connectivity index (χ1v) is 6.81. The fraction of sp³-hybridized carbons (Fsp3) is 0.533. The first kappa shape index (κ1) is 11.7. The number of fused-ring (bicyclic) bond motifs is 1. The maximum absolute atomic E-state index is 11.8. The van der Waals surface area contributed by atoms with E-state index < -0.39 is 0 Å². The van der Waals surface area contributed by atoms with Crippen molar-refractivity contribution in [1.82, 2.24) is 5.32 Å². The molecule has 1 aliphatic heterocycles. The van der Waals surface area contributed by atoms with Crippen LogP contribution < -0.4 is 5.32 Å². The summed E-state index contributed by atoms with van der Waals surface area (Å²) in [7, 11) is 0. The van der Waals surface area contributed by atoms with E-state index in [0.29, 0.717) is 12.2 Å². The molecule has 0 aromatic heterocycles. The molecule has 1 aromatic rings. The van der Waals surface area contributed by atoms with Gasteiger partial charge in [-0.15, -0.1) is 0 Å². The lowest BCUT2D eigenvalue weighted by Gasteiger charge is -2.18. The van der Waals surface area contributed by atoms with E-state index in [4.69, 9.17) is 4.74 Å². The Labute approximate surface area is 108 Å². The van der Waals surface area contributed by atoms with E-state index in [1.807, 2.05) is 30.3 Å². The molecule has 1 saturated carbocycles. The number of ether oxygens (including phenoxy) is 1. The van der Waals surface area contributed by atoms with E-state index in [1.54, 1.807) is 0 Å². The fourth-order valence-electron chi connectivity index (χ4n) is 2.83. The summed E-state index contributed by atoms with van der Waals surface area (Å²) < 4.78 is 5.52. The second kappa shape index (κ2) is 5.11. The van der Waals surface area contributed by atoms with E-state index in [0.717, 1.165) is 24.4 Å². The molecule has 3 unspecified atom stereocenters. The maximum atomic E-state index is 11.8. The number of benzene rings is 1. The third-order valence-corrected chi connectivity index (χ3v) is 3.99. The number of hydrogen-bond acceptors (Lipinski definition) is 2. The molecule has 1 aliphatic carbocycles. The van der Waals surface area contributed by atoms with Crippen molar-refractivity contribution < 1.29 is 9.53 Å². The lowest BCUT2D eigenvalue weighted by Crippen LogP contribution is -2.27. The molecule has 0 spiro atoms. The van der Waals surface area contributed by atoms with Gasteiger partial charge in [-0.2, -0.15) is 0 Å². The Morgan fingerprint density at radius 3 is 2.83 bits per heavy atom. The van der Waals surface area contributed by atoms with Crippen LogP contribution in [0.5, 0.6) is 0 Å². The van der Waals surface area contributed by atoms with Gasteiger partial charge in [-0.25, -0.2) is 0 Å². The van der Waals surface area contributed by atoms with Crippen LogP contribution in [-0.4, -0.2) is 24.7 Å². The molecular weight excluding hydrogens is 226 g/mol. The van der Waals surface area contributed by atoms with Crippen molar-refractivity contribution >= 4 is 5.91 Å². The summed E-state index contributed by atoms with van der Waals surface area (Å²) in [5, 5.41) is 2.99. The molecule has 1 saturated heterocycles. The molecule has 3 heteroatoms. The Morgan fingerprint density at radius 2 is 2.06 bits per heavy atom. The Balaban J connectivity index is 1.40. The predicted octanol–water partition coefficient (Wildman–Crippen LogP) is 2.37. The monoisotopic (exact) mass is 245 g/mol. The van der Waals surface area contributed by atoms with Gasteiger partial charge in [0, 0.05) is 12.1 Å². The quantitative estimate of drug-likeness (QED) is 0.827. The second-order valence-electron chi connectivity index (χ2n) is 5.30. The summed E-state index contributed by atoms with van der Waals surface area (Å²) in [6.07, 6.45) is 5.83. The van der Waals surface area contributed by atoms with Gasteiger partial charge in [0.25, 0.3) is 5.91 Å². The molecule has 3 atom stereocenters. The van der Waals surface area contributed by atoms with Crippen molar-refractivity contribution in [3.05, 3.63) is 35.9 Å². The first-order chi connectivity index (χ1) is 8.83. The fourth-order valence-corrected chi connectivity index (χ4v) is 2.83. The zero-order valence-corrected chi connectivity index (χ0v) is 10.5. The summed E-state index contributed by atoms with van der Waals surface area (Å²) >= 11 is 0. The van der Waals surface area contributed by atoms with E-state index in [1.165, 1.54) is 19.3 Å². The summed E-state index contributed by atoms with van der Waals surface area (Å²) in [6, 6.07) is 9.39. The standard InChI is InChI=1S/C15H19NO2/c17-15(12-4-2-1-3-5-12)16-9-8-11-6-7-13-14(10-11)18-13/h1-5,11,13-14H,6-10H2,(H,16,17). The normalized spacial score (nSPS) is 29.4. The number of carbonyl (C=O) groups excluding carboxylic acids is 1. The average Bonchev–Trinajstić information content (AvgIpc) is 3.18. The number of amides is 1. The minimum atomic E-state index is 0.0342. The molecule has 2 aliphatic rings. The highest BCUT2D eigenvalue weighted by atomic mass is 16.6. The number of hydrogen-bond donors (Lipinski definition) is 1. The molecule has 2 fully saturated rings. The zero-order chi connectivity index (χ0) is 12.4. The van der Waals surface area contributed by atoms with Gasteiger partial charge in [-0.05, 0) is 43.7 Å². The van der Waals surface area contributed by atoms with Crippen LogP contribution in [0.4, 0.5) is 0 Å². The Morgan fingerprint density at radius 1 is 1.22 bits per heavy atom. The summed E-state index contributed by atoms with van der Waals surface area (Å²) in [6.45, 7) is 0.774. The molecule has 3 rings (SSSR count). The molecule has 3 nitrogen and oxygen atoms in total. The maximum Gasteiger partial charge on any atom is 0.251 e. The van der Waals surface area contributed by atoms with Crippen LogP contribution >= 0.6 is 0 Å². The molecule has 0 radical (unpaired) electrons. The van der Waals surface area contributed by atoms with Crippen molar-refractivity contribution in [3.63, 3.8) is 0 Å². The highest BCUT2D eigenvalue weighted by molar-refractivity contribution is 5.94. The van der Waals surface area contributed by atoms with E-state index >= 15 is 0 Å². The van der Waals surface area contributed by atoms with E-state index in [9.17, 15) is 4.79 Å². The van der Waals surface area contributed by atoms with Crippen LogP contribution in [-0.2, 0) is 4.74 Å². The van der Waals surface area contributed by atoms with Crippen molar-refractivity contribution in [1.29, 1.82) is 0 Å². The Kier molecular flexibility index (Phi) is 3.33. The summed E-state index contributed by atoms with van der Waals surface area (Å²) in [4.78, 5) is 11.8.